The summed E-state index contributed by atoms with van der Waals surface area (Å²) < 4.78 is 10.7. The van der Waals surface area contributed by atoms with Gasteiger partial charge in [-0.3, -0.25) is 0 Å². The Morgan fingerprint density at radius 2 is 1.32 bits per heavy atom. The molecule has 1 fully saturated rings. The van der Waals surface area contributed by atoms with Crippen LogP contribution in [-0.2, 0) is 9.47 Å². The molecule has 0 aliphatic carbocycles. The second-order valence-electron chi connectivity index (χ2n) is 9.14. The van der Waals surface area contributed by atoms with Crippen LogP contribution in [0.3, 0.4) is 0 Å². The molecule has 1 saturated heterocycles. The van der Waals surface area contributed by atoms with Crippen LogP contribution in [0.25, 0.3) is 0 Å². The molecular weight excluding hydrogens is 392 g/mol. The lowest BCUT2D eigenvalue weighted by Crippen LogP contribution is -2.40. The number of ether oxygens (including phenoxy) is 2. The first-order valence-corrected chi connectivity index (χ1v) is 13.0. The fourth-order valence-electron chi connectivity index (χ4n) is 4.07. The highest BCUT2D eigenvalue weighted by Gasteiger charge is 2.39. The standard InChI is InChI=1S/C26H50O5/c1-2-3-4-5-6-7-8-9-10-11-12-13-14-15-16-17-18-19-20-30-21-24(28)26-25(29)23(27)22-31-26/h13-14,23-29H,2-12,15-22H2,1H3/b14-13+/t23-,24+,25+,26+/m1/s1. The van der Waals surface area contributed by atoms with Gasteiger partial charge in [-0.25, -0.2) is 0 Å². The van der Waals surface area contributed by atoms with Crippen molar-refractivity contribution in [2.24, 2.45) is 0 Å². The lowest BCUT2D eigenvalue weighted by Gasteiger charge is -2.20. The lowest BCUT2D eigenvalue weighted by molar-refractivity contribution is -0.0813. The molecule has 0 aromatic heterocycles. The van der Waals surface area contributed by atoms with Crippen LogP contribution in [0, 0.1) is 0 Å². The van der Waals surface area contributed by atoms with E-state index in [-0.39, 0.29) is 13.2 Å². The number of aliphatic hydroxyl groups excluding tert-OH is 3. The molecule has 1 aliphatic rings. The van der Waals surface area contributed by atoms with Crippen molar-refractivity contribution in [3.8, 4) is 0 Å². The predicted molar refractivity (Wildman–Crippen MR) is 127 cm³/mol. The number of unbranched alkanes of at least 4 members (excludes halogenated alkanes) is 14. The molecule has 0 radical (unpaired) electrons. The largest absolute Gasteiger partial charge is 0.388 e. The summed E-state index contributed by atoms with van der Waals surface area (Å²) in [6.07, 6.45) is 22.0. The van der Waals surface area contributed by atoms with E-state index in [1.807, 2.05) is 0 Å². The number of allylic oxidation sites excluding steroid dienone is 2. The van der Waals surface area contributed by atoms with E-state index in [2.05, 4.69) is 19.1 Å². The van der Waals surface area contributed by atoms with Crippen molar-refractivity contribution >= 4 is 0 Å². The number of rotatable bonds is 21. The Bertz CT molecular complexity index is 415. The summed E-state index contributed by atoms with van der Waals surface area (Å²) in [4.78, 5) is 0. The zero-order valence-electron chi connectivity index (χ0n) is 20.1. The van der Waals surface area contributed by atoms with E-state index in [0.717, 1.165) is 19.3 Å². The van der Waals surface area contributed by atoms with E-state index in [4.69, 9.17) is 9.47 Å². The van der Waals surface area contributed by atoms with Crippen molar-refractivity contribution in [1.82, 2.24) is 0 Å². The van der Waals surface area contributed by atoms with Crippen LogP contribution in [0.4, 0.5) is 0 Å². The summed E-state index contributed by atoms with van der Waals surface area (Å²) in [6.45, 7) is 3.08. The Balaban J connectivity index is 1.77. The van der Waals surface area contributed by atoms with Gasteiger partial charge in [0, 0.05) is 6.61 Å². The Labute approximate surface area is 191 Å². The molecular formula is C26H50O5. The number of hydrogen-bond donors (Lipinski definition) is 3. The quantitative estimate of drug-likeness (QED) is 0.166. The summed E-state index contributed by atoms with van der Waals surface area (Å²) in [7, 11) is 0. The van der Waals surface area contributed by atoms with E-state index >= 15 is 0 Å². The third kappa shape index (κ3) is 15.1. The van der Waals surface area contributed by atoms with E-state index in [9.17, 15) is 15.3 Å². The maximum Gasteiger partial charge on any atom is 0.114 e. The van der Waals surface area contributed by atoms with Gasteiger partial charge in [0.1, 0.15) is 24.4 Å². The molecule has 0 saturated carbocycles. The zero-order chi connectivity index (χ0) is 22.6. The van der Waals surface area contributed by atoms with Crippen molar-refractivity contribution in [3.05, 3.63) is 12.2 Å². The van der Waals surface area contributed by atoms with E-state index in [1.54, 1.807) is 0 Å². The van der Waals surface area contributed by atoms with E-state index in [1.165, 1.54) is 83.5 Å². The number of aliphatic hydroxyl groups is 3. The van der Waals surface area contributed by atoms with Crippen LogP contribution < -0.4 is 0 Å². The van der Waals surface area contributed by atoms with Crippen LogP contribution in [0.2, 0.25) is 0 Å². The smallest absolute Gasteiger partial charge is 0.114 e. The van der Waals surface area contributed by atoms with Gasteiger partial charge >= 0.3 is 0 Å². The van der Waals surface area contributed by atoms with Crippen molar-refractivity contribution in [3.63, 3.8) is 0 Å². The first kappa shape index (κ1) is 28.6. The molecule has 0 spiro atoms. The molecule has 1 heterocycles. The monoisotopic (exact) mass is 442 g/mol. The molecule has 3 N–H and O–H groups in total. The van der Waals surface area contributed by atoms with Gasteiger partial charge in [0.2, 0.25) is 0 Å². The second-order valence-corrected chi connectivity index (χ2v) is 9.14. The molecule has 0 unspecified atom stereocenters. The van der Waals surface area contributed by atoms with Crippen LogP contribution in [-0.4, -0.2) is 59.6 Å². The van der Waals surface area contributed by atoms with Gasteiger partial charge in [0.25, 0.3) is 0 Å². The van der Waals surface area contributed by atoms with E-state index < -0.39 is 24.4 Å². The normalized spacial score (nSPS) is 22.5. The van der Waals surface area contributed by atoms with Gasteiger partial charge in [-0.05, 0) is 32.1 Å². The van der Waals surface area contributed by atoms with Gasteiger partial charge < -0.3 is 24.8 Å². The molecule has 0 amide bonds. The third-order valence-electron chi connectivity index (χ3n) is 6.16. The van der Waals surface area contributed by atoms with Gasteiger partial charge in [0.15, 0.2) is 0 Å². The summed E-state index contributed by atoms with van der Waals surface area (Å²) in [6, 6.07) is 0. The first-order valence-electron chi connectivity index (χ1n) is 13.0. The second kappa shape index (κ2) is 20.2. The molecule has 4 atom stereocenters. The summed E-state index contributed by atoms with van der Waals surface area (Å²) in [5.41, 5.74) is 0. The van der Waals surface area contributed by atoms with Gasteiger partial charge in [0.05, 0.1) is 13.2 Å². The molecule has 0 aromatic rings. The topological polar surface area (TPSA) is 79.2 Å². The van der Waals surface area contributed by atoms with Gasteiger partial charge in [-0.1, -0.05) is 89.7 Å². The SMILES string of the molecule is CCCCCCCCCCCC/C=C/CCCCCCOC[C@H](O)[C@@H]1OC[C@@H](O)[C@@H]1O. The lowest BCUT2D eigenvalue weighted by atomic mass is 10.1. The maximum absolute atomic E-state index is 9.96. The molecule has 1 rings (SSSR count). The van der Waals surface area contributed by atoms with Gasteiger partial charge in [-0.15, -0.1) is 0 Å². The molecule has 0 bridgehead atoms. The van der Waals surface area contributed by atoms with Crippen LogP contribution in [0.15, 0.2) is 12.2 Å². The van der Waals surface area contributed by atoms with Crippen molar-refractivity contribution < 1.29 is 24.8 Å². The summed E-state index contributed by atoms with van der Waals surface area (Å²) in [5.74, 6) is 0. The van der Waals surface area contributed by atoms with Crippen molar-refractivity contribution in [2.75, 3.05) is 19.8 Å². The molecule has 184 valence electrons. The number of hydrogen-bond acceptors (Lipinski definition) is 5. The average molecular weight is 443 g/mol. The summed E-state index contributed by atoms with van der Waals surface area (Å²) in [5, 5.41) is 29.1. The Morgan fingerprint density at radius 3 is 1.84 bits per heavy atom. The Kier molecular flexibility index (Phi) is 18.6. The van der Waals surface area contributed by atoms with Crippen molar-refractivity contribution in [2.45, 2.75) is 134 Å². The maximum atomic E-state index is 9.96. The highest BCUT2D eigenvalue weighted by Crippen LogP contribution is 2.18. The molecule has 1 aliphatic heterocycles. The average Bonchev–Trinajstić information content (AvgIpc) is 3.10. The predicted octanol–water partition coefficient (Wildman–Crippen LogP) is 5.30. The molecule has 0 aromatic carbocycles. The first-order chi connectivity index (χ1) is 15.2. The highest BCUT2D eigenvalue weighted by atomic mass is 16.5. The Morgan fingerprint density at radius 1 is 0.806 bits per heavy atom. The van der Waals surface area contributed by atoms with Crippen molar-refractivity contribution in [1.29, 1.82) is 0 Å². The molecule has 5 nitrogen and oxygen atoms in total. The highest BCUT2D eigenvalue weighted by molar-refractivity contribution is 4.87. The molecule has 5 heteroatoms. The van der Waals surface area contributed by atoms with Gasteiger partial charge in [-0.2, -0.15) is 0 Å². The van der Waals surface area contributed by atoms with Crippen LogP contribution in [0.5, 0.6) is 0 Å². The van der Waals surface area contributed by atoms with E-state index in [0.29, 0.717) is 6.61 Å². The van der Waals surface area contributed by atoms with Crippen LogP contribution in [0.1, 0.15) is 110 Å². The molecule has 31 heavy (non-hydrogen) atoms. The zero-order valence-corrected chi connectivity index (χ0v) is 20.1. The fourth-order valence-corrected chi connectivity index (χ4v) is 4.07. The third-order valence-corrected chi connectivity index (χ3v) is 6.16. The summed E-state index contributed by atoms with van der Waals surface area (Å²) >= 11 is 0. The Hall–Kier alpha value is -0.460. The van der Waals surface area contributed by atoms with Crippen LogP contribution >= 0.6 is 0 Å². The minimum Gasteiger partial charge on any atom is -0.388 e. The minimum atomic E-state index is -1.03. The minimum absolute atomic E-state index is 0.0661. The fraction of sp³-hybridized carbons (Fsp3) is 0.923.